The number of nitrogens with zero attached hydrogens (tertiary/aromatic N) is 1. The highest BCUT2D eigenvalue weighted by Crippen LogP contribution is 2.59. The predicted molar refractivity (Wildman–Crippen MR) is 102 cm³/mol. The minimum Gasteiger partial charge on any atom is -0.466 e. The molecule has 2 aromatic rings. The van der Waals surface area contributed by atoms with Gasteiger partial charge in [-0.25, -0.2) is 4.79 Å². The van der Waals surface area contributed by atoms with Gasteiger partial charge in [-0.3, -0.25) is 4.79 Å². The largest absolute Gasteiger partial charge is 0.466 e. The van der Waals surface area contributed by atoms with E-state index in [0.29, 0.717) is 0 Å². The number of rotatable bonds is 6. The van der Waals surface area contributed by atoms with E-state index < -0.39 is 5.97 Å². The number of aromatic nitrogens is 1. The number of methoxy groups -OCH3 is 1. The highest BCUT2D eigenvalue weighted by molar-refractivity contribution is 5.83. The lowest BCUT2D eigenvalue weighted by Crippen LogP contribution is -2.11. The van der Waals surface area contributed by atoms with Gasteiger partial charge in [0.1, 0.15) is 6.61 Å². The second-order valence-corrected chi connectivity index (χ2v) is 7.53. The Balaban J connectivity index is 1.64. The van der Waals surface area contributed by atoms with E-state index in [2.05, 4.69) is 11.7 Å². The molecule has 1 fully saturated rings. The number of benzene rings is 1. The molecule has 3 rings (SSSR count). The summed E-state index contributed by atoms with van der Waals surface area (Å²) in [4.78, 5) is 23.8. The highest BCUT2D eigenvalue weighted by atomic mass is 16.5. The molecule has 0 aliphatic heterocycles. The Morgan fingerprint density at radius 1 is 1.22 bits per heavy atom. The normalized spacial score (nSPS) is 20.4. The number of aryl methyl sites for hydroxylation is 1. The predicted octanol–water partition coefficient (Wildman–Crippen LogP) is 3.83. The Labute approximate surface area is 159 Å². The quantitative estimate of drug-likeness (QED) is 0.575. The average Bonchev–Trinajstić information content (AvgIpc) is 3.00. The maximum atomic E-state index is 12.5. The number of hydrogen-bond donors (Lipinski definition) is 0. The van der Waals surface area contributed by atoms with Crippen molar-refractivity contribution in [1.82, 2.24) is 4.57 Å². The van der Waals surface area contributed by atoms with E-state index in [-0.39, 0.29) is 29.8 Å². The molecule has 1 heterocycles. The molecule has 1 saturated carbocycles. The van der Waals surface area contributed by atoms with Gasteiger partial charge in [0.2, 0.25) is 0 Å². The van der Waals surface area contributed by atoms with Gasteiger partial charge in [-0.2, -0.15) is 0 Å². The Morgan fingerprint density at radius 3 is 2.59 bits per heavy atom. The number of carbonyl (C=O) groups is 2. The van der Waals surface area contributed by atoms with Crippen LogP contribution in [0.1, 0.15) is 25.0 Å². The first-order valence-corrected chi connectivity index (χ1v) is 9.00. The number of ether oxygens (including phenoxy) is 2. The van der Waals surface area contributed by atoms with Crippen molar-refractivity contribution in [3.8, 4) is 5.69 Å². The molecule has 0 unspecified atom stereocenters. The number of esters is 2. The maximum Gasteiger partial charge on any atom is 0.330 e. The molecule has 27 heavy (non-hydrogen) atoms. The van der Waals surface area contributed by atoms with E-state index in [1.165, 1.54) is 13.2 Å². The molecule has 0 saturated heterocycles. The Morgan fingerprint density at radius 2 is 1.93 bits per heavy atom. The third-order valence-electron chi connectivity index (χ3n) is 5.34. The molecular formula is C22H25NO4. The number of carbonyl (C=O) groups excluding carboxylic acids is 2. The minimum absolute atomic E-state index is 0.0162. The van der Waals surface area contributed by atoms with Gasteiger partial charge in [0.15, 0.2) is 0 Å². The van der Waals surface area contributed by atoms with Crippen molar-refractivity contribution < 1.29 is 19.1 Å². The fourth-order valence-corrected chi connectivity index (χ4v) is 3.50. The lowest BCUT2D eigenvalue weighted by molar-refractivity contribution is -0.147. The molecule has 0 spiro atoms. The summed E-state index contributed by atoms with van der Waals surface area (Å²) in [5.41, 5.74) is 2.94. The number of allylic oxidation sites excluding steroid dienone is 1. The molecular weight excluding hydrogens is 342 g/mol. The summed E-state index contributed by atoms with van der Waals surface area (Å²) in [6.07, 6.45) is 7.10. The first kappa shape index (κ1) is 19.0. The van der Waals surface area contributed by atoms with Crippen LogP contribution in [0.25, 0.3) is 5.69 Å². The van der Waals surface area contributed by atoms with Gasteiger partial charge in [-0.1, -0.05) is 32.1 Å². The number of hydrogen-bond acceptors (Lipinski definition) is 4. The Kier molecular flexibility index (Phi) is 5.22. The van der Waals surface area contributed by atoms with Crippen LogP contribution in [0.5, 0.6) is 0 Å². The fourth-order valence-electron chi connectivity index (χ4n) is 3.50. The van der Waals surface area contributed by atoms with Crippen molar-refractivity contribution in [3.05, 3.63) is 66.0 Å². The van der Waals surface area contributed by atoms with Crippen LogP contribution in [-0.4, -0.2) is 23.6 Å². The minimum atomic E-state index is -0.415. The zero-order valence-electron chi connectivity index (χ0n) is 16.1. The average molecular weight is 367 g/mol. The van der Waals surface area contributed by atoms with Crippen LogP contribution >= 0.6 is 0 Å². The van der Waals surface area contributed by atoms with Crippen LogP contribution in [0.2, 0.25) is 0 Å². The van der Waals surface area contributed by atoms with Gasteiger partial charge < -0.3 is 14.0 Å². The van der Waals surface area contributed by atoms with Crippen LogP contribution in [0.4, 0.5) is 0 Å². The SMILES string of the molecule is COC(=O)C=C[C@H]1[C@@H](C(=O)OCc2ccc(C)c(-n3cccc3)c2)C1(C)C. The van der Waals surface area contributed by atoms with E-state index in [0.717, 1.165) is 16.8 Å². The van der Waals surface area contributed by atoms with Crippen LogP contribution in [0, 0.1) is 24.2 Å². The zero-order chi connectivity index (χ0) is 19.6. The molecule has 5 heteroatoms. The van der Waals surface area contributed by atoms with Crippen LogP contribution < -0.4 is 0 Å². The topological polar surface area (TPSA) is 57.5 Å². The van der Waals surface area contributed by atoms with Crippen molar-refractivity contribution in [2.24, 2.45) is 17.3 Å². The van der Waals surface area contributed by atoms with Crippen LogP contribution in [0.15, 0.2) is 54.9 Å². The van der Waals surface area contributed by atoms with Gasteiger partial charge in [0, 0.05) is 24.2 Å². The second kappa shape index (κ2) is 7.43. The first-order chi connectivity index (χ1) is 12.8. The van der Waals surface area contributed by atoms with Crippen LogP contribution in [0.3, 0.4) is 0 Å². The third-order valence-corrected chi connectivity index (χ3v) is 5.34. The first-order valence-electron chi connectivity index (χ1n) is 9.00. The molecule has 1 aromatic heterocycles. The van der Waals surface area contributed by atoms with Gasteiger partial charge >= 0.3 is 11.9 Å². The molecule has 0 radical (unpaired) electrons. The summed E-state index contributed by atoms with van der Waals surface area (Å²) in [5.74, 6) is -0.907. The summed E-state index contributed by atoms with van der Waals surface area (Å²) in [6.45, 7) is 6.28. The van der Waals surface area contributed by atoms with E-state index in [9.17, 15) is 9.59 Å². The van der Waals surface area contributed by atoms with Crippen molar-refractivity contribution in [3.63, 3.8) is 0 Å². The van der Waals surface area contributed by atoms with Crippen molar-refractivity contribution in [2.45, 2.75) is 27.4 Å². The Bertz CT molecular complexity index is 864. The molecule has 0 bridgehead atoms. The van der Waals surface area contributed by atoms with Crippen molar-refractivity contribution >= 4 is 11.9 Å². The third kappa shape index (κ3) is 3.97. The zero-order valence-corrected chi connectivity index (χ0v) is 16.1. The van der Waals surface area contributed by atoms with E-state index in [4.69, 9.17) is 4.74 Å². The smallest absolute Gasteiger partial charge is 0.330 e. The van der Waals surface area contributed by atoms with Gasteiger partial charge in [-0.15, -0.1) is 0 Å². The molecule has 0 N–H and O–H groups in total. The van der Waals surface area contributed by atoms with Crippen molar-refractivity contribution in [2.75, 3.05) is 7.11 Å². The lowest BCUT2D eigenvalue weighted by atomic mass is 10.1. The molecule has 1 aromatic carbocycles. The van der Waals surface area contributed by atoms with E-state index in [1.807, 2.05) is 61.1 Å². The summed E-state index contributed by atoms with van der Waals surface area (Å²) >= 11 is 0. The molecule has 2 atom stereocenters. The standard InChI is InChI=1S/C22H25NO4/c1-15-7-8-16(13-18(15)23-11-5-6-12-23)14-27-21(25)20-17(22(20,2)3)9-10-19(24)26-4/h5-13,17,20H,14H2,1-4H3/t17-,20-/m0/s1. The van der Waals surface area contributed by atoms with Gasteiger partial charge in [0.05, 0.1) is 13.0 Å². The highest BCUT2D eigenvalue weighted by Gasteiger charge is 2.61. The summed E-state index contributed by atoms with van der Waals surface area (Å²) in [6, 6.07) is 9.99. The Hall–Kier alpha value is -2.82. The summed E-state index contributed by atoms with van der Waals surface area (Å²) < 4.78 is 12.2. The van der Waals surface area contributed by atoms with Crippen molar-refractivity contribution in [1.29, 1.82) is 0 Å². The lowest BCUT2D eigenvalue weighted by Gasteiger charge is -2.11. The molecule has 5 nitrogen and oxygen atoms in total. The molecule has 142 valence electrons. The monoisotopic (exact) mass is 367 g/mol. The molecule has 1 aliphatic carbocycles. The fraction of sp³-hybridized carbons (Fsp3) is 0.364. The molecule has 0 amide bonds. The summed E-state index contributed by atoms with van der Waals surface area (Å²) in [5, 5.41) is 0. The van der Waals surface area contributed by atoms with E-state index >= 15 is 0 Å². The second-order valence-electron chi connectivity index (χ2n) is 7.53. The van der Waals surface area contributed by atoms with E-state index in [1.54, 1.807) is 6.08 Å². The molecule has 1 aliphatic rings. The van der Waals surface area contributed by atoms with Gasteiger partial charge in [-0.05, 0) is 47.6 Å². The van der Waals surface area contributed by atoms with Gasteiger partial charge in [0.25, 0.3) is 0 Å². The summed E-state index contributed by atoms with van der Waals surface area (Å²) in [7, 11) is 1.33. The maximum absolute atomic E-state index is 12.5. The van der Waals surface area contributed by atoms with Crippen LogP contribution in [-0.2, 0) is 25.7 Å².